The molecule has 0 radical (unpaired) electrons. The topological polar surface area (TPSA) is 83.8 Å². The van der Waals surface area contributed by atoms with Gasteiger partial charge in [0, 0.05) is 0 Å². The first-order valence-electron chi connectivity index (χ1n) is 1.58. The monoisotopic (exact) mass is 107 g/mol. The molecule has 0 aliphatic rings. The van der Waals surface area contributed by atoms with Crippen LogP contribution in [-0.4, -0.2) is 25.1 Å². The van der Waals surface area contributed by atoms with Crippen LogP contribution in [0, 0.1) is 0 Å². The van der Waals surface area contributed by atoms with Crippen molar-refractivity contribution in [2.75, 3.05) is 13.7 Å². The molecule has 0 amide bonds. The molecular formula is C3H9NO3. The van der Waals surface area contributed by atoms with Crippen LogP contribution < -0.4 is 5.73 Å². The summed E-state index contributed by atoms with van der Waals surface area (Å²) >= 11 is 0. The van der Waals surface area contributed by atoms with Crippen LogP contribution in [0.4, 0.5) is 0 Å². The molecule has 0 aromatic carbocycles. The molecule has 0 aromatic heterocycles. The van der Waals surface area contributed by atoms with Gasteiger partial charge in [-0.1, -0.05) is 0 Å². The highest BCUT2D eigenvalue weighted by atomic mass is 16.5. The number of hydrogen-bond donors (Lipinski definition) is 1. The van der Waals surface area contributed by atoms with E-state index in [0.717, 1.165) is 0 Å². The van der Waals surface area contributed by atoms with Crippen molar-refractivity contribution in [3.63, 3.8) is 0 Å². The summed E-state index contributed by atoms with van der Waals surface area (Å²) in [4.78, 5) is 9.83. The molecule has 0 aromatic rings. The molecule has 4 nitrogen and oxygen atoms in total. The van der Waals surface area contributed by atoms with E-state index >= 15 is 0 Å². The van der Waals surface area contributed by atoms with Crippen molar-refractivity contribution in [2.45, 2.75) is 0 Å². The Bertz CT molecular complexity index is 48.1. The third-order valence-electron chi connectivity index (χ3n) is 0.394. The highest BCUT2D eigenvalue weighted by Gasteiger charge is 1.87. The number of ether oxygens (including phenoxy) is 1. The number of methoxy groups -OCH3 is 1. The minimum atomic E-state index is -0.380. The lowest BCUT2D eigenvalue weighted by Gasteiger charge is -1.87. The molecule has 0 rings (SSSR count). The summed E-state index contributed by atoms with van der Waals surface area (Å²) in [6.45, 7) is -0.0312. The van der Waals surface area contributed by atoms with E-state index in [9.17, 15) is 4.79 Å². The fraction of sp³-hybridized carbons (Fsp3) is 0.667. The Morgan fingerprint density at radius 2 is 2.29 bits per heavy atom. The zero-order valence-corrected chi connectivity index (χ0v) is 4.10. The molecule has 0 atom stereocenters. The average Bonchev–Trinajstić information content (AvgIpc) is 1.65. The largest absolute Gasteiger partial charge is 0.468 e. The summed E-state index contributed by atoms with van der Waals surface area (Å²) in [5.41, 5.74) is 4.81. The molecule has 0 saturated heterocycles. The van der Waals surface area contributed by atoms with Crippen molar-refractivity contribution >= 4 is 5.97 Å². The van der Waals surface area contributed by atoms with Gasteiger partial charge < -0.3 is 15.9 Å². The van der Waals surface area contributed by atoms with Crippen molar-refractivity contribution in [1.29, 1.82) is 0 Å². The van der Waals surface area contributed by atoms with Crippen LogP contribution in [-0.2, 0) is 9.53 Å². The lowest BCUT2D eigenvalue weighted by Crippen LogP contribution is -2.14. The van der Waals surface area contributed by atoms with Crippen LogP contribution >= 0.6 is 0 Å². The van der Waals surface area contributed by atoms with E-state index in [0.29, 0.717) is 0 Å². The van der Waals surface area contributed by atoms with Gasteiger partial charge in [0.25, 0.3) is 0 Å². The molecule has 0 saturated carbocycles. The van der Waals surface area contributed by atoms with Gasteiger partial charge in [0.2, 0.25) is 0 Å². The number of rotatable bonds is 1. The number of nitrogens with two attached hydrogens (primary N) is 1. The van der Waals surface area contributed by atoms with Crippen LogP contribution in [0.5, 0.6) is 0 Å². The standard InChI is InChI=1S/C3H7NO2.H2O/c1-6-3(5)2-4;/h2,4H2,1H3;1H2. The van der Waals surface area contributed by atoms with Crippen LogP contribution in [0.25, 0.3) is 0 Å². The second-order valence-corrected chi connectivity index (χ2v) is 0.780. The van der Waals surface area contributed by atoms with Crippen molar-refractivity contribution < 1.29 is 15.0 Å². The Balaban J connectivity index is 0. The second kappa shape index (κ2) is 5.39. The van der Waals surface area contributed by atoms with Gasteiger partial charge in [0.15, 0.2) is 0 Å². The summed E-state index contributed by atoms with van der Waals surface area (Å²) < 4.78 is 4.14. The molecule has 0 unspecified atom stereocenters. The molecular weight excluding hydrogens is 98.0 g/mol. The van der Waals surface area contributed by atoms with Crippen LogP contribution in [0.3, 0.4) is 0 Å². The predicted octanol–water partition coefficient (Wildman–Crippen LogP) is -1.71. The van der Waals surface area contributed by atoms with Gasteiger partial charge in [-0.05, 0) is 0 Å². The highest BCUT2D eigenvalue weighted by Crippen LogP contribution is 1.61. The molecule has 44 valence electrons. The van der Waals surface area contributed by atoms with Gasteiger partial charge in [-0.3, -0.25) is 4.79 Å². The average molecular weight is 107 g/mol. The second-order valence-electron chi connectivity index (χ2n) is 0.780. The Hall–Kier alpha value is -0.610. The molecule has 4 heteroatoms. The zero-order chi connectivity index (χ0) is 4.99. The highest BCUT2D eigenvalue weighted by molar-refractivity contribution is 5.70. The first-order valence-corrected chi connectivity index (χ1v) is 1.58. The third-order valence-corrected chi connectivity index (χ3v) is 0.394. The summed E-state index contributed by atoms with van der Waals surface area (Å²) in [6.07, 6.45) is 0. The summed E-state index contributed by atoms with van der Waals surface area (Å²) in [7, 11) is 1.30. The van der Waals surface area contributed by atoms with Gasteiger partial charge in [0.05, 0.1) is 13.7 Å². The van der Waals surface area contributed by atoms with Crippen LogP contribution in [0.1, 0.15) is 0 Å². The van der Waals surface area contributed by atoms with E-state index in [4.69, 9.17) is 5.73 Å². The number of esters is 1. The maximum Gasteiger partial charge on any atom is 0.319 e. The van der Waals surface area contributed by atoms with Crippen molar-refractivity contribution in [2.24, 2.45) is 5.73 Å². The SMILES string of the molecule is COC(=O)CN.O. The number of hydrogen-bond acceptors (Lipinski definition) is 3. The van der Waals surface area contributed by atoms with Crippen LogP contribution in [0.15, 0.2) is 0 Å². The van der Waals surface area contributed by atoms with E-state index in [2.05, 4.69) is 4.74 Å². The van der Waals surface area contributed by atoms with E-state index in [1.54, 1.807) is 0 Å². The van der Waals surface area contributed by atoms with Gasteiger partial charge in [-0.15, -0.1) is 0 Å². The quantitative estimate of drug-likeness (QED) is 0.405. The van der Waals surface area contributed by atoms with Gasteiger partial charge in [-0.2, -0.15) is 0 Å². The molecule has 7 heavy (non-hydrogen) atoms. The first kappa shape index (κ1) is 9.63. The molecule has 0 fully saturated rings. The molecule has 0 aliphatic heterocycles. The van der Waals surface area contributed by atoms with E-state index in [1.807, 2.05) is 0 Å². The first-order chi connectivity index (χ1) is 2.81. The number of carbonyl (C=O) groups excluding carboxylic acids is 1. The Morgan fingerprint density at radius 1 is 1.86 bits per heavy atom. The third kappa shape index (κ3) is 5.39. The van der Waals surface area contributed by atoms with E-state index in [1.165, 1.54) is 7.11 Å². The van der Waals surface area contributed by atoms with Crippen molar-refractivity contribution in [3.05, 3.63) is 0 Å². The minimum Gasteiger partial charge on any atom is -0.468 e. The summed E-state index contributed by atoms with van der Waals surface area (Å²) in [5, 5.41) is 0. The zero-order valence-electron chi connectivity index (χ0n) is 4.10. The fourth-order valence-corrected chi connectivity index (χ4v) is 0.0833. The van der Waals surface area contributed by atoms with Crippen LogP contribution in [0.2, 0.25) is 0 Å². The van der Waals surface area contributed by atoms with Gasteiger partial charge in [0.1, 0.15) is 0 Å². The Kier molecular flexibility index (Phi) is 7.42. The van der Waals surface area contributed by atoms with E-state index < -0.39 is 0 Å². The summed E-state index contributed by atoms with van der Waals surface area (Å²) in [6, 6.07) is 0. The van der Waals surface area contributed by atoms with E-state index in [-0.39, 0.29) is 18.0 Å². The van der Waals surface area contributed by atoms with Gasteiger partial charge >= 0.3 is 5.97 Å². The number of carbonyl (C=O) groups is 1. The van der Waals surface area contributed by atoms with Crippen molar-refractivity contribution in [3.8, 4) is 0 Å². The lowest BCUT2D eigenvalue weighted by molar-refractivity contribution is -0.138. The van der Waals surface area contributed by atoms with Gasteiger partial charge in [-0.25, -0.2) is 0 Å². The molecule has 0 aliphatic carbocycles. The molecule has 0 heterocycles. The normalized spacial score (nSPS) is 6.57. The maximum atomic E-state index is 9.83. The molecule has 0 bridgehead atoms. The summed E-state index contributed by atoms with van der Waals surface area (Å²) in [5.74, 6) is -0.380. The minimum absolute atomic E-state index is 0. The maximum absolute atomic E-state index is 9.83. The molecule has 4 N–H and O–H groups in total. The lowest BCUT2D eigenvalue weighted by atomic mass is 10.7. The van der Waals surface area contributed by atoms with Crippen molar-refractivity contribution in [1.82, 2.24) is 0 Å². The fourth-order valence-electron chi connectivity index (χ4n) is 0.0833. The Labute approximate surface area is 41.6 Å². The Morgan fingerprint density at radius 3 is 2.29 bits per heavy atom. The smallest absolute Gasteiger partial charge is 0.319 e. The molecule has 0 spiro atoms. The predicted molar refractivity (Wildman–Crippen MR) is 24.7 cm³/mol.